The Morgan fingerprint density at radius 3 is 2.95 bits per heavy atom. The summed E-state index contributed by atoms with van der Waals surface area (Å²) in [5.41, 5.74) is 1.24. The van der Waals surface area contributed by atoms with Gasteiger partial charge in [0.2, 0.25) is 0 Å². The number of fused-ring (bicyclic) bond motifs is 1. The van der Waals surface area contributed by atoms with Gasteiger partial charge in [0.15, 0.2) is 16.0 Å². The van der Waals surface area contributed by atoms with Gasteiger partial charge in [0, 0.05) is 19.2 Å². The predicted octanol–water partition coefficient (Wildman–Crippen LogP) is 1.21. The van der Waals surface area contributed by atoms with E-state index >= 15 is 0 Å². The Morgan fingerprint density at radius 2 is 2.25 bits per heavy atom. The van der Waals surface area contributed by atoms with Crippen molar-refractivity contribution in [1.29, 1.82) is 0 Å². The van der Waals surface area contributed by atoms with Crippen molar-refractivity contribution in [3.63, 3.8) is 0 Å². The second kappa shape index (κ2) is 6.13. The minimum Gasteiger partial charge on any atom is -0.466 e. The molecule has 6 nitrogen and oxygen atoms in total. The zero-order chi connectivity index (χ0) is 14.7. The van der Waals surface area contributed by atoms with Gasteiger partial charge in [-0.1, -0.05) is 0 Å². The summed E-state index contributed by atoms with van der Waals surface area (Å²) < 4.78 is 18.2. The Balaban J connectivity index is 2.00. The lowest BCUT2D eigenvalue weighted by atomic mass is 10.2. The van der Waals surface area contributed by atoms with Crippen LogP contribution in [0.1, 0.15) is 35.7 Å². The number of rotatable bonds is 5. The molecule has 108 valence electrons. The van der Waals surface area contributed by atoms with Gasteiger partial charge in [0.1, 0.15) is 0 Å². The molecule has 1 atom stereocenters. The van der Waals surface area contributed by atoms with Gasteiger partial charge in [-0.05, 0) is 31.9 Å². The maximum absolute atomic E-state index is 12.2. The Labute approximate surface area is 119 Å². The number of hydrogen-bond donors (Lipinski definition) is 0. The highest BCUT2D eigenvalue weighted by Gasteiger charge is 2.35. The third-order valence-corrected chi connectivity index (χ3v) is 4.26. The van der Waals surface area contributed by atoms with Gasteiger partial charge < -0.3 is 4.74 Å². The third kappa shape index (κ3) is 2.87. The van der Waals surface area contributed by atoms with E-state index in [4.69, 9.17) is 4.74 Å². The van der Waals surface area contributed by atoms with E-state index in [1.54, 1.807) is 19.2 Å². The van der Waals surface area contributed by atoms with E-state index in [1.807, 2.05) is 6.92 Å². The zero-order valence-electron chi connectivity index (χ0n) is 11.4. The fraction of sp³-hybridized carbons (Fsp3) is 0.462. The van der Waals surface area contributed by atoms with Crippen molar-refractivity contribution in [1.82, 2.24) is 9.29 Å². The lowest BCUT2D eigenvalue weighted by Gasteiger charge is -2.12. The molecular formula is C13H16N2O4S. The molecule has 2 heterocycles. The molecule has 0 saturated heterocycles. The molecule has 1 aliphatic rings. The first-order chi connectivity index (χ1) is 9.54. The van der Waals surface area contributed by atoms with Crippen molar-refractivity contribution in [2.24, 2.45) is 0 Å². The number of carbonyl (C=O) groups is 2. The maximum atomic E-state index is 12.2. The molecule has 0 radical (unpaired) electrons. The summed E-state index contributed by atoms with van der Waals surface area (Å²) in [6, 6.07) is 1.69. The Kier molecular flexibility index (Phi) is 4.49. The quantitative estimate of drug-likeness (QED) is 0.763. The first-order valence-corrected chi connectivity index (χ1v) is 7.51. The Morgan fingerprint density at radius 1 is 1.50 bits per heavy atom. The zero-order valence-corrected chi connectivity index (χ0v) is 12.2. The van der Waals surface area contributed by atoms with E-state index in [2.05, 4.69) is 4.98 Å². The molecule has 1 amide bonds. The molecule has 0 bridgehead atoms. The maximum Gasteiger partial charge on any atom is 0.305 e. The summed E-state index contributed by atoms with van der Waals surface area (Å²) in [6.07, 6.45) is 2.22. The topological polar surface area (TPSA) is 76.6 Å². The van der Waals surface area contributed by atoms with E-state index in [9.17, 15) is 13.8 Å². The molecule has 0 spiro atoms. The van der Waals surface area contributed by atoms with E-state index in [-0.39, 0.29) is 24.8 Å². The number of pyridine rings is 1. The molecular weight excluding hydrogens is 280 g/mol. The molecule has 2 rings (SSSR count). The van der Waals surface area contributed by atoms with Gasteiger partial charge >= 0.3 is 5.97 Å². The Hall–Kier alpha value is -1.76. The number of aryl methyl sites for hydroxylation is 1. The highest BCUT2D eigenvalue weighted by molar-refractivity contribution is 7.83. The van der Waals surface area contributed by atoms with Gasteiger partial charge in [-0.15, -0.1) is 0 Å². The fourth-order valence-corrected chi connectivity index (χ4v) is 3.18. The summed E-state index contributed by atoms with van der Waals surface area (Å²) in [5.74, 6) is -0.602. The van der Waals surface area contributed by atoms with E-state index in [0.29, 0.717) is 23.6 Å². The van der Waals surface area contributed by atoms with Crippen molar-refractivity contribution in [3.8, 4) is 0 Å². The van der Waals surface area contributed by atoms with Crippen LogP contribution in [0.5, 0.6) is 0 Å². The molecule has 1 unspecified atom stereocenters. The lowest BCUT2D eigenvalue weighted by Crippen LogP contribution is -2.27. The van der Waals surface area contributed by atoms with Crippen LogP contribution in [0, 0.1) is 6.92 Å². The summed E-state index contributed by atoms with van der Waals surface area (Å²) in [6.45, 7) is 4.15. The Bertz CT molecular complexity index is 573. The molecule has 0 aliphatic carbocycles. The molecule has 7 heteroatoms. The number of ether oxygens (including phenoxy) is 1. The molecule has 1 aromatic rings. The van der Waals surface area contributed by atoms with Crippen LogP contribution < -0.4 is 0 Å². The number of hydrogen-bond acceptors (Lipinski definition) is 5. The largest absolute Gasteiger partial charge is 0.466 e. The van der Waals surface area contributed by atoms with Crippen LogP contribution in [-0.4, -0.2) is 38.5 Å². The van der Waals surface area contributed by atoms with Gasteiger partial charge in [0.05, 0.1) is 12.2 Å². The summed E-state index contributed by atoms with van der Waals surface area (Å²) in [7, 11) is -1.57. The van der Waals surface area contributed by atoms with Crippen molar-refractivity contribution in [2.45, 2.75) is 31.7 Å². The molecule has 0 aromatic carbocycles. The van der Waals surface area contributed by atoms with E-state index in [1.165, 1.54) is 4.31 Å². The molecule has 1 aromatic heterocycles. The standard InChI is InChI=1S/C13H16N2O4S/c1-3-19-11(16)5-4-6-15-13(17)10-7-9(2)8-14-12(10)20(15)18/h7-8H,3-6H2,1-2H3. The van der Waals surface area contributed by atoms with Gasteiger partial charge in [0.25, 0.3) is 5.91 Å². The summed E-state index contributed by atoms with van der Waals surface area (Å²) in [5, 5.41) is 0.303. The minimum absolute atomic E-state index is 0.206. The van der Waals surface area contributed by atoms with Gasteiger partial charge in [-0.2, -0.15) is 0 Å². The first-order valence-electron chi connectivity index (χ1n) is 6.40. The monoisotopic (exact) mass is 296 g/mol. The second-order valence-electron chi connectivity index (χ2n) is 4.43. The van der Waals surface area contributed by atoms with Crippen LogP contribution in [0.3, 0.4) is 0 Å². The number of esters is 1. The van der Waals surface area contributed by atoms with E-state index < -0.39 is 11.0 Å². The highest BCUT2D eigenvalue weighted by atomic mass is 32.2. The SMILES string of the molecule is CCOC(=O)CCCN1C(=O)c2cc(C)cnc2S1=O. The van der Waals surface area contributed by atoms with E-state index in [0.717, 1.165) is 5.56 Å². The van der Waals surface area contributed by atoms with Crippen LogP contribution >= 0.6 is 0 Å². The van der Waals surface area contributed by atoms with Crippen LogP contribution in [0.15, 0.2) is 17.3 Å². The first kappa shape index (κ1) is 14.6. The van der Waals surface area contributed by atoms with Crippen molar-refractivity contribution < 1.29 is 18.5 Å². The van der Waals surface area contributed by atoms with Gasteiger partial charge in [-0.25, -0.2) is 9.19 Å². The molecule has 20 heavy (non-hydrogen) atoms. The second-order valence-corrected chi connectivity index (χ2v) is 5.76. The predicted molar refractivity (Wildman–Crippen MR) is 72.3 cm³/mol. The van der Waals surface area contributed by atoms with Gasteiger partial charge in [-0.3, -0.25) is 13.9 Å². The summed E-state index contributed by atoms with van der Waals surface area (Å²) in [4.78, 5) is 27.4. The smallest absolute Gasteiger partial charge is 0.305 e. The number of amides is 1. The van der Waals surface area contributed by atoms with Crippen molar-refractivity contribution in [2.75, 3.05) is 13.2 Å². The lowest BCUT2D eigenvalue weighted by molar-refractivity contribution is -0.143. The normalized spacial score (nSPS) is 17.2. The molecule has 0 N–H and O–H groups in total. The van der Waals surface area contributed by atoms with Crippen LogP contribution in [0.2, 0.25) is 0 Å². The fourth-order valence-electron chi connectivity index (χ4n) is 1.95. The average molecular weight is 296 g/mol. The molecule has 1 aliphatic heterocycles. The van der Waals surface area contributed by atoms with Crippen molar-refractivity contribution >= 4 is 22.9 Å². The van der Waals surface area contributed by atoms with Crippen LogP contribution in [0.4, 0.5) is 0 Å². The number of nitrogens with zero attached hydrogens (tertiary/aromatic N) is 2. The molecule has 0 saturated carbocycles. The van der Waals surface area contributed by atoms with Crippen LogP contribution in [-0.2, 0) is 20.5 Å². The third-order valence-electron chi connectivity index (χ3n) is 2.86. The van der Waals surface area contributed by atoms with Crippen LogP contribution in [0.25, 0.3) is 0 Å². The highest BCUT2D eigenvalue weighted by Crippen LogP contribution is 2.25. The van der Waals surface area contributed by atoms with Crippen molar-refractivity contribution in [3.05, 3.63) is 23.4 Å². The molecule has 0 fully saturated rings. The average Bonchev–Trinajstić information content (AvgIpc) is 2.63. The summed E-state index contributed by atoms with van der Waals surface area (Å²) >= 11 is 0. The number of aromatic nitrogens is 1. The minimum atomic E-state index is -1.57. The number of carbonyl (C=O) groups excluding carboxylic acids is 2.